The number of rotatable bonds is 4. The maximum Gasteiger partial charge on any atom is 0.194 e. The van der Waals surface area contributed by atoms with Crippen molar-refractivity contribution in [3.05, 3.63) is 43.8 Å². The normalized spacial score (nSPS) is 13.2. The van der Waals surface area contributed by atoms with Gasteiger partial charge in [-0.15, -0.1) is 22.7 Å². The van der Waals surface area contributed by atoms with Crippen molar-refractivity contribution in [2.24, 2.45) is 0 Å². The van der Waals surface area contributed by atoms with Crippen molar-refractivity contribution in [2.75, 3.05) is 0 Å². The fourth-order valence-corrected chi connectivity index (χ4v) is 4.31. The van der Waals surface area contributed by atoms with Crippen molar-refractivity contribution in [3.63, 3.8) is 0 Å². The van der Waals surface area contributed by atoms with E-state index in [4.69, 9.17) is 11.6 Å². The van der Waals surface area contributed by atoms with Gasteiger partial charge in [0, 0.05) is 28.5 Å². The maximum absolute atomic E-state index is 5.99. The van der Waals surface area contributed by atoms with E-state index < -0.39 is 0 Å². The number of halogens is 1. The zero-order valence-corrected chi connectivity index (χ0v) is 14.0. The Balaban J connectivity index is 1.80. The summed E-state index contributed by atoms with van der Waals surface area (Å²) in [5.74, 6) is 0. The average molecular weight is 326 g/mol. The van der Waals surface area contributed by atoms with Gasteiger partial charge in [0.25, 0.3) is 0 Å². The monoisotopic (exact) mass is 325 g/mol. The summed E-state index contributed by atoms with van der Waals surface area (Å²) in [5.41, 5.74) is 3.59. The van der Waals surface area contributed by atoms with Crippen LogP contribution in [-0.4, -0.2) is 9.38 Å². The number of nitrogens with one attached hydrogen (secondary N) is 1. The van der Waals surface area contributed by atoms with Gasteiger partial charge in [0.1, 0.15) is 0 Å². The topological polar surface area (TPSA) is 29.3 Å². The van der Waals surface area contributed by atoms with Crippen molar-refractivity contribution < 1.29 is 0 Å². The number of hydrogen-bond acceptors (Lipinski definition) is 4. The Kier molecular flexibility index (Phi) is 3.86. The molecular formula is C14H16ClN3S2. The molecule has 3 aromatic heterocycles. The molecule has 106 valence electrons. The van der Waals surface area contributed by atoms with Gasteiger partial charge in [0.15, 0.2) is 4.96 Å². The molecule has 20 heavy (non-hydrogen) atoms. The lowest BCUT2D eigenvalue weighted by Crippen LogP contribution is -2.19. The van der Waals surface area contributed by atoms with Crippen molar-refractivity contribution in [1.82, 2.24) is 14.7 Å². The van der Waals surface area contributed by atoms with Crippen LogP contribution in [0.2, 0.25) is 4.34 Å². The smallest absolute Gasteiger partial charge is 0.194 e. The molecule has 0 radical (unpaired) electrons. The van der Waals surface area contributed by atoms with Crippen molar-refractivity contribution in [1.29, 1.82) is 0 Å². The zero-order chi connectivity index (χ0) is 14.3. The third kappa shape index (κ3) is 2.51. The molecule has 3 aromatic rings. The number of nitrogens with zero attached hydrogens (tertiary/aromatic N) is 2. The number of imidazole rings is 1. The van der Waals surface area contributed by atoms with E-state index in [1.165, 1.54) is 16.3 Å². The van der Waals surface area contributed by atoms with Crippen LogP contribution in [0.15, 0.2) is 17.5 Å². The Morgan fingerprint density at radius 2 is 2.20 bits per heavy atom. The van der Waals surface area contributed by atoms with Crippen LogP contribution in [0.5, 0.6) is 0 Å². The van der Waals surface area contributed by atoms with Gasteiger partial charge < -0.3 is 5.32 Å². The van der Waals surface area contributed by atoms with Gasteiger partial charge in [-0.05, 0) is 32.9 Å². The molecule has 3 nitrogen and oxygen atoms in total. The first kappa shape index (κ1) is 14.1. The number of thiazole rings is 1. The summed E-state index contributed by atoms with van der Waals surface area (Å²) >= 11 is 9.31. The highest BCUT2D eigenvalue weighted by atomic mass is 35.5. The largest absolute Gasteiger partial charge is 0.304 e. The molecule has 0 aliphatic heterocycles. The van der Waals surface area contributed by atoms with Crippen LogP contribution in [0.3, 0.4) is 0 Å². The second kappa shape index (κ2) is 5.48. The fourth-order valence-electron chi connectivity index (χ4n) is 2.29. The molecule has 0 saturated heterocycles. The van der Waals surface area contributed by atoms with Crippen LogP contribution in [-0.2, 0) is 6.54 Å². The third-order valence-electron chi connectivity index (χ3n) is 3.43. The van der Waals surface area contributed by atoms with E-state index in [1.807, 2.05) is 6.07 Å². The van der Waals surface area contributed by atoms with E-state index in [1.54, 1.807) is 22.7 Å². The number of fused-ring (bicyclic) bond motifs is 1. The second-order valence-corrected chi connectivity index (χ2v) is 7.47. The Hall–Kier alpha value is -0.880. The third-order valence-corrected chi connectivity index (χ3v) is 5.78. The molecule has 0 aliphatic carbocycles. The lowest BCUT2D eigenvalue weighted by molar-refractivity contribution is 0.571. The summed E-state index contributed by atoms with van der Waals surface area (Å²) in [4.78, 5) is 6.94. The summed E-state index contributed by atoms with van der Waals surface area (Å²) in [6.07, 6.45) is 0. The molecule has 0 fully saturated rings. The van der Waals surface area contributed by atoms with Gasteiger partial charge in [-0.3, -0.25) is 4.40 Å². The first-order chi connectivity index (χ1) is 9.56. The summed E-state index contributed by atoms with van der Waals surface area (Å²) in [6.45, 7) is 7.16. The van der Waals surface area contributed by atoms with Crippen molar-refractivity contribution in [2.45, 2.75) is 33.4 Å². The fraction of sp³-hybridized carbons (Fsp3) is 0.357. The molecule has 0 aromatic carbocycles. The van der Waals surface area contributed by atoms with E-state index in [9.17, 15) is 0 Å². The minimum absolute atomic E-state index is 0.288. The average Bonchev–Trinajstić information content (AvgIpc) is 3.06. The van der Waals surface area contributed by atoms with Crippen LogP contribution < -0.4 is 5.32 Å². The lowest BCUT2D eigenvalue weighted by atomic mass is 10.2. The van der Waals surface area contributed by atoms with Crippen LogP contribution in [0.1, 0.15) is 34.9 Å². The molecular weight excluding hydrogens is 310 g/mol. The second-order valence-electron chi connectivity index (χ2n) is 4.88. The molecule has 0 saturated carbocycles. The Bertz CT molecular complexity index is 741. The Labute approximate surface area is 131 Å². The quantitative estimate of drug-likeness (QED) is 0.761. The lowest BCUT2D eigenvalue weighted by Gasteiger charge is -2.12. The summed E-state index contributed by atoms with van der Waals surface area (Å²) in [7, 11) is 0. The van der Waals surface area contributed by atoms with Crippen molar-refractivity contribution >= 4 is 39.2 Å². The van der Waals surface area contributed by atoms with E-state index in [-0.39, 0.29) is 6.04 Å². The maximum atomic E-state index is 5.99. The molecule has 3 heterocycles. The van der Waals surface area contributed by atoms with Gasteiger partial charge in [0.05, 0.1) is 15.7 Å². The number of thiophene rings is 1. The van der Waals surface area contributed by atoms with Gasteiger partial charge in [-0.25, -0.2) is 4.98 Å². The van der Waals surface area contributed by atoms with Gasteiger partial charge in [0.2, 0.25) is 0 Å². The predicted molar refractivity (Wildman–Crippen MR) is 87.1 cm³/mol. The SMILES string of the molecule is Cc1nc2scc(C)n2c1CNC(C)c1ccc(Cl)s1. The highest BCUT2D eigenvalue weighted by molar-refractivity contribution is 7.16. The number of aryl methyl sites for hydroxylation is 2. The van der Waals surface area contributed by atoms with Gasteiger partial charge in [-0.1, -0.05) is 11.6 Å². The Morgan fingerprint density at radius 1 is 1.40 bits per heavy atom. The molecule has 1 unspecified atom stereocenters. The van der Waals surface area contributed by atoms with Crippen molar-refractivity contribution in [3.8, 4) is 0 Å². The molecule has 0 amide bonds. The molecule has 1 N–H and O–H groups in total. The van der Waals surface area contributed by atoms with Crippen LogP contribution in [0.4, 0.5) is 0 Å². The minimum Gasteiger partial charge on any atom is -0.304 e. The summed E-state index contributed by atoms with van der Waals surface area (Å²) in [5, 5.41) is 5.71. The molecule has 0 bridgehead atoms. The predicted octanol–water partition coefficient (Wildman–Crippen LogP) is 4.58. The van der Waals surface area contributed by atoms with E-state index in [2.05, 4.69) is 46.9 Å². The highest BCUT2D eigenvalue weighted by Crippen LogP contribution is 2.27. The molecule has 1 atom stereocenters. The van der Waals surface area contributed by atoms with E-state index in [0.29, 0.717) is 0 Å². The zero-order valence-electron chi connectivity index (χ0n) is 11.6. The van der Waals surface area contributed by atoms with Crippen LogP contribution in [0, 0.1) is 13.8 Å². The van der Waals surface area contributed by atoms with E-state index >= 15 is 0 Å². The minimum atomic E-state index is 0.288. The standard InChI is InChI=1S/C14H16ClN3S2/c1-8-7-19-14-17-9(2)11(18(8)14)6-16-10(3)12-4-5-13(15)20-12/h4-5,7,10,16H,6H2,1-3H3. The molecule has 0 aliphatic rings. The summed E-state index contributed by atoms with van der Waals surface area (Å²) in [6, 6.07) is 4.32. The van der Waals surface area contributed by atoms with Gasteiger partial charge >= 0.3 is 0 Å². The highest BCUT2D eigenvalue weighted by Gasteiger charge is 2.14. The van der Waals surface area contributed by atoms with Crippen LogP contribution >= 0.6 is 34.3 Å². The summed E-state index contributed by atoms with van der Waals surface area (Å²) < 4.78 is 3.08. The number of hydrogen-bond donors (Lipinski definition) is 1. The molecule has 3 rings (SSSR count). The molecule has 6 heteroatoms. The van der Waals surface area contributed by atoms with Crippen LogP contribution in [0.25, 0.3) is 4.96 Å². The Morgan fingerprint density at radius 3 is 2.90 bits per heavy atom. The number of aromatic nitrogens is 2. The molecule has 0 spiro atoms. The first-order valence-electron chi connectivity index (χ1n) is 6.47. The van der Waals surface area contributed by atoms with Gasteiger partial charge in [-0.2, -0.15) is 0 Å². The van der Waals surface area contributed by atoms with E-state index in [0.717, 1.165) is 21.5 Å². The first-order valence-corrected chi connectivity index (χ1v) is 8.54.